The van der Waals surface area contributed by atoms with E-state index in [1.165, 1.54) is 50.9 Å². The molecular formula is C20H27N3O. The topological polar surface area (TPSA) is 39.5 Å². The molecule has 4 heteroatoms. The second-order valence-electron chi connectivity index (χ2n) is 7.64. The zero-order chi connectivity index (χ0) is 16.4. The maximum atomic E-state index is 9.12. The highest BCUT2D eigenvalue weighted by atomic mass is 16.5. The molecule has 5 rings (SSSR count). The lowest BCUT2D eigenvalue weighted by Gasteiger charge is -2.37. The number of nitriles is 1. The molecule has 4 saturated heterocycles. The quantitative estimate of drug-likeness (QED) is 0.856. The van der Waals surface area contributed by atoms with Gasteiger partial charge in [-0.25, -0.2) is 0 Å². The van der Waals surface area contributed by atoms with Crippen LogP contribution in [0.2, 0.25) is 0 Å². The predicted octanol–water partition coefficient (Wildman–Crippen LogP) is 2.63. The first-order valence-corrected chi connectivity index (χ1v) is 9.36. The molecule has 24 heavy (non-hydrogen) atoms. The molecule has 0 N–H and O–H groups in total. The van der Waals surface area contributed by atoms with Crippen molar-refractivity contribution in [3.8, 4) is 6.07 Å². The lowest BCUT2D eigenvalue weighted by Crippen LogP contribution is -2.45. The van der Waals surface area contributed by atoms with E-state index in [0.717, 1.165) is 37.3 Å². The maximum absolute atomic E-state index is 9.12. The molecular weight excluding hydrogens is 298 g/mol. The molecule has 4 fully saturated rings. The highest BCUT2D eigenvalue weighted by molar-refractivity contribution is 5.32. The van der Waals surface area contributed by atoms with Gasteiger partial charge in [0.2, 0.25) is 0 Å². The fourth-order valence-electron chi connectivity index (χ4n) is 4.73. The molecule has 1 aromatic carbocycles. The molecule has 4 nitrogen and oxygen atoms in total. The Balaban J connectivity index is 1.45. The molecule has 0 aromatic heterocycles. The van der Waals surface area contributed by atoms with Gasteiger partial charge in [0.25, 0.3) is 0 Å². The number of hydrogen-bond acceptors (Lipinski definition) is 4. The van der Waals surface area contributed by atoms with Crippen LogP contribution in [0.4, 0.5) is 0 Å². The number of rotatable bonds is 3. The van der Waals surface area contributed by atoms with Gasteiger partial charge in [-0.15, -0.1) is 0 Å². The van der Waals surface area contributed by atoms with Crippen molar-refractivity contribution < 1.29 is 4.74 Å². The third kappa shape index (κ3) is 3.49. The summed E-state index contributed by atoms with van der Waals surface area (Å²) in [4.78, 5) is 5.43. The zero-order valence-electron chi connectivity index (χ0n) is 14.4. The van der Waals surface area contributed by atoms with Gasteiger partial charge in [0.15, 0.2) is 0 Å². The van der Waals surface area contributed by atoms with Crippen LogP contribution in [-0.2, 0) is 11.3 Å². The molecule has 0 radical (unpaired) electrons. The molecule has 0 saturated carbocycles. The van der Waals surface area contributed by atoms with Crippen LogP contribution in [-0.4, -0.2) is 54.7 Å². The Morgan fingerprint density at radius 2 is 1.92 bits per heavy atom. The lowest BCUT2D eigenvalue weighted by molar-refractivity contribution is 0.0307. The summed E-state index contributed by atoms with van der Waals surface area (Å²) < 4.78 is 5.55. The summed E-state index contributed by atoms with van der Waals surface area (Å²) in [6.07, 6.45) is 5.09. The minimum absolute atomic E-state index is 0.664. The van der Waals surface area contributed by atoms with E-state index in [9.17, 15) is 0 Å². The number of piperidine rings is 1. The van der Waals surface area contributed by atoms with Crippen molar-refractivity contribution in [3.05, 3.63) is 35.4 Å². The molecule has 4 aliphatic rings. The first-order valence-electron chi connectivity index (χ1n) is 9.36. The second kappa shape index (κ2) is 7.23. The summed E-state index contributed by atoms with van der Waals surface area (Å²) in [5, 5.41) is 9.12. The van der Waals surface area contributed by atoms with Gasteiger partial charge >= 0.3 is 0 Å². The van der Waals surface area contributed by atoms with Crippen molar-refractivity contribution in [1.29, 1.82) is 5.26 Å². The number of ether oxygens (including phenoxy) is 1. The van der Waals surface area contributed by atoms with Gasteiger partial charge in [-0.2, -0.15) is 5.26 Å². The van der Waals surface area contributed by atoms with E-state index in [4.69, 9.17) is 10.00 Å². The van der Waals surface area contributed by atoms with Crippen LogP contribution in [0.5, 0.6) is 0 Å². The zero-order valence-corrected chi connectivity index (χ0v) is 14.4. The van der Waals surface area contributed by atoms with E-state index in [1.807, 2.05) is 12.1 Å². The van der Waals surface area contributed by atoms with Gasteiger partial charge < -0.3 is 4.74 Å². The van der Waals surface area contributed by atoms with Crippen LogP contribution in [0.15, 0.2) is 24.3 Å². The van der Waals surface area contributed by atoms with Crippen LogP contribution in [0, 0.1) is 17.2 Å². The van der Waals surface area contributed by atoms with Gasteiger partial charge in [-0.3, -0.25) is 9.80 Å². The number of benzene rings is 1. The van der Waals surface area contributed by atoms with Crippen LogP contribution in [0.25, 0.3) is 0 Å². The van der Waals surface area contributed by atoms with Crippen LogP contribution in [0.3, 0.4) is 0 Å². The highest BCUT2D eigenvalue weighted by Crippen LogP contribution is 2.31. The Labute approximate surface area is 145 Å². The van der Waals surface area contributed by atoms with E-state index < -0.39 is 0 Å². The Bertz CT molecular complexity index is 605. The van der Waals surface area contributed by atoms with E-state index in [2.05, 4.69) is 28.0 Å². The molecule has 1 aromatic rings. The average molecular weight is 325 g/mol. The van der Waals surface area contributed by atoms with Gasteiger partial charge in [0.05, 0.1) is 11.6 Å². The van der Waals surface area contributed by atoms with Gasteiger partial charge in [-0.1, -0.05) is 12.1 Å². The maximum Gasteiger partial charge on any atom is 0.0991 e. The standard InChI is InChI=1S/C20H27N3O/c21-11-16-2-1-3-17(10-16)12-22-13-18-4-5-20(22)15-23(14-18)19-6-8-24-9-7-19/h1-3,10,18-20H,4-9,12-15H2/t18-,20-/m1/s1. The van der Waals surface area contributed by atoms with E-state index in [1.54, 1.807) is 0 Å². The Kier molecular flexibility index (Phi) is 4.84. The Morgan fingerprint density at radius 1 is 1.04 bits per heavy atom. The van der Waals surface area contributed by atoms with E-state index in [0.29, 0.717) is 6.04 Å². The van der Waals surface area contributed by atoms with Crippen molar-refractivity contribution in [1.82, 2.24) is 9.80 Å². The molecule has 4 aliphatic heterocycles. The van der Waals surface area contributed by atoms with Crippen molar-refractivity contribution in [2.75, 3.05) is 32.8 Å². The number of fused-ring (bicyclic) bond motifs is 4. The fourth-order valence-corrected chi connectivity index (χ4v) is 4.73. The molecule has 2 atom stereocenters. The van der Waals surface area contributed by atoms with Gasteiger partial charge in [0.1, 0.15) is 0 Å². The van der Waals surface area contributed by atoms with Gasteiger partial charge in [-0.05, 0) is 49.3 Å². The average Bonchev–Trinajstić information content (AvgIpc) is 2.94. The van der Waals surface area contributed by atoms with E-state index in [-0.39, 0.29) is 0 Å². The third-order valence-electron chi connectivity index (χ3n) is 6.00. The van der Waals surface area contributed by atoms with Crippen LogP contribution >= 0.6 is 0 Å². The van der Waals surface area contributed by atoms with Crippen molar-refractivity contribution in [3.63, 3.8) is 0 Å². The molecule has 0 spiro atoms. The molecule has 2 bridgehead atoms. The molecule has 128 valence electrons. The number of hydrogen-bond donors (Lipinski definition) is 0. The molecule has 0 aliphatic carbocycles. The predicted molar refractivity (Wildman–Crippen MR) is 93.5 cm³/mol. The summed E-state index contributed by atoms with van der Waals surface area (Å²) in [5.41, 5.74) is 2.05. The minimum Gasteiger partial charge on any atom is -0.381 e. The first kappa shape index (κ1) is 16.1. The lowest BCUT2D eigenvalue weighted by atomic mass is 9.94. The first-order chi connectivity index (χ1) is 11.8. The summed E-state index contributed by atoms with van der Waals surface area (Å²) in [6, 6.07) is 11.8. The van der Waals surface area contributed by atoms with E-state index >= 15 is 0 Å². The van der Waals surface area contributed by atoms with Crippen molar-refractivity contribution in [2.24, 2.45) is 5.92 Å². The van der Waals surface area contributed by atoms with Crippen molar-refractivity contribution in [2.45, 2.75) is 44.3 Å². The molecule has 0 unspecified atom stereocenters. The third-order valence-corrected chi connectivity index (χ3v) is 6.00. The second-order valence-corrected chi connectivity index (χ2v) is 7.64. The largest absolute Gasteiger partial charge is 0.381 e. The summed E-state index contributed by atoms with van der Waals surface area (Å²) in [5.74, 6) is 0.797. The monoisotopic (exact) mass is 325 g/mol. The summed E-state index contributed by atoms with van der Waals surface area (Å²) in [6.45, 7) is 6.52. The number of nitrogens with zero attached hydrogens (tertiary/aromatic N) is 3. The summed E-state index contributed by atoms with van der Waals surface area (Å²) in [7, 11) is 0. The normalized spacial score (nSPS) is 29.3. The fraction of sp³-hybridized carbons (Fsp3) is 0.650. The Hall–Kier alpha value is -1.41. The minimum atomic E-state index is 0.664. The SMILES string of the molecule is N#Cc1cccc(CN2C[C@H]3CC[C@@H]2CN(C2CCOCC2)C3)c1. The smallest absolute Gasteiger partial charge is 0.0991 e. The summed E-state index contributed by atoms with van der Waals surface area (Å²) >= 11 is 0. The molecule has 4 heterocycles. The van der Waals surface area contributed by atoms with Crippen LogP contribution in [0.1, 0.15) is 36.8 Å². The Morgan fingerprint density at radius 3 is 2.75 bits per heavy atom. The van der Waals surface area contributed by atoms with Crippen molar-refractivity contribution >= 4 is 0 Å². The van der Waals surface area contributed by atoms with Gasteiger partial charge in [0, 0.05) is 51.5 Å². The molecule has 0 amide bonds. The van der Waals surface area contributed by atoms with Crippen LogP contribution < -0.4 is 0 Å². The highest BCUT2D eigenvalue weighted by Gasteiger charge is 2.37.